The zero-order valence-corrected chi connectivity index (χ0v) is 13.7. The average Bonchev–Trinajstić information content (AvgIpc) is 2.58. The Balaban J connectivity index is 1.85. The molecule has 0 spiro atoms. The molecule has 1 fully saturated rings. The minimum Gasteiger partial charge on any atom is -0.490 e. The van der Waals surface area contributed by atoms with E-state index < -0.39 is 0 Å². The summed E-state index contributed by atoms with van der Waals surface area (Å²) in [6.07, 6.45) is 3.97. The first-order valence-corrected chi connectivity index (χ1v) is 8.59. The smallest absolute Gasteiger partial charge is 0.123 e. The summed E-state index contributed by atoms with van der Waals surface area (Å²) in [6.45, 7) is 0.545. The molecule has 0 heterocycles. The molecule has 1 aliphatic rings. The van der Waals surface area contributed by atoms with Gasteiger partial charge in [0.25, 0.3) is 0 Å². The van der Waals surface area contributed by atoms with E-state index in [2.05, 4.69) is 0 Å². The Morgan fingerprint density at radius 3 is 2.58 bits per heavy atom. The number of hydrogen-bond donors (Lipinski definition) is 2. The number of nitrogens with two attached hydrogens (primary N) is 1. The van der Waals surface area contributed by atoms with Gasteiger partial charge in [-0.3, -0.25) is 0 Å². The van der Waals surface area contributed by atoms with Gasteiger partial charge in [-0.1, -0.05) is 18.2 Å². The molecule has 0 unspecified atom stereocenters. The second kappa shape index (κ2) is 7.77. The third kappa shape index (κ3) is 4.13. The molecule has 2 aromatic carbocycles. The predicted molar refractivity (Wildman–Crippen MR) is 93.5 cm³/mol. The Labute approximate surface area is 142 Å². The first kappa shape index (κ1) is 16.9. The second-order valence-electron chi connectivity index (χ2n) is 6.42. The normalized spacial score (nSPS) is 20.8. The fraction of sp³-hybridized carbons (Fsp3) is 0.400. The molecule has 0 radical (unpaired) electrons. The lowest BCUT2D eigenvalue weighted by Gasteiger charge is -2.26. The van der Waals surface area contributed by atoms with Crippen LogP contribution in [0.2, 0.25) is 0 Å². The third-order valence-electron chi connectivity index (χ3n) is 4.58. The third-order valence-corrected chi connectivity index (χ3v) is 4.58. The van der Waals surface area contributed by atoms with Crippen molar-refractivity contribution in [3.63, 3.8) is 0 Å². The van der Waals surface area contributed by atoms with E-state index >= 15 is 0 Å². The SMILES string of the molecule is NCCc1ccc(OC2CCC(O)CC2)cc1-c1cccc(F)c1. The molecule has 0 aromatic heterocycles. The number of rotatable bonds is 5. The summed E-state index contributed by atoms with van der Waals surface area (Å²) in [6, 6.07) is 12.5. The molecule has 24 heavy (non-hydrogen) atoms. The van der Waals surface area contributed by atoms with Crippen molar-refractivity contribution in [1.82, 2.24) is 0 Å². The van der Waals surface area contributed by atoms with E-state index in [4.69, 9.17) is 10.5 Å². The maximum atomic E-state index is 13.6. The van der Waals surface area contributed by atoms with Crippen molar-refractivity contribution in [2.75, 3.05) is 6.54 Å². The van der Waals surface area contributed by atoms with Gasteiger partial charge >= 0.3 is 0 Å². The predicted octanol–water partition coefficient (Wildman–Crippen LogP) is 3.68. The van der Waals surface area contributed by atoms with Crippen molar-refractivity contribution in [3.8, 4) is 16.9 Å². The van der Waals surface area contributed by atoms with Gasteiger partial charge in [0, 0.05) is 0 Å². The molecule has 3 rings (SSSR count). The molecule has 3 nitrogen and oxygen atoms in total. The summed E-state index contributed by atoms with van der Waals surface area (Å²) in [7, 11) is 0. The first-order valence-electron chi connectivity index (χ1n) is 8.59. The van der Waals surface area contributed by atoms with Crippen molar-refractivity contribution >= 4 is 0 Å². The number of aliphatic hydroxyl groups excluding tert-OH is 1. The fourth-order valence-corrected chi connectivity index (χ4v) is 3.28. The monoisotopic (exact) mass is 329 g/mol. The first-order chi connectivity index (χ1) is 11.7. The van der Waals surface area contributed by atoms with Gasteiger partial charge in [0.2, 0.25) is 0 Å². The molecule has 4 heteroatoms. The molecule has 2 aromatic rings. The van der Waals surface area contributed by atoms with Crippen LogP contribution in [0.25, 0.3) is 11.1 Å². The Kier molecular flexibility index (Phi) is 5.48. The van der Waals surface area contributed by atoms with Crippen molar-refractivity contribution in [2.45, 2.75) is 44.3 Å². The molecule has 1 saturated carbocycles. The zero-order chi connectivity index (χ0) is 16.9. The minimum atomic E-state index is -0.251. The molecule has 1 aliphatic carbocycles. The van der Waals surface area contributed by atoms with Crippen LogP contribution in [0.3, 0.4) is 0 Å². The summed E-state index contributed by atoms with van der Waals surface area (Å²) < 4.78 is 19.7. The van der Waals surface area contributed by atoms with E-state index in [1.54, 1.807) is 6.07 Å². The summed E-state index contributed by atoms with van der Waals surface area (Å²) >= 11 is 0. The van der Waals surface area contributed by atoms with Crippen LogP contribution >= 0.6 is 0 Å². The quantitative estimate of drug-likeness (QED) is 0.880. The van der Waals surface area contributed by atoms with Gasteiger partial charge in [-0.25, -0.2) is 4.39 Å². The summed E-state index contributed by atoms with van der Waals surface area (Å²) in [5.41, 5.74) is 8.60. The highest BCUT2D eigenvalue weighted by atomic mass is 19.1. The van der Waals surface area contributed by atoms with Gasteiger partial charge in [-0.2, -0.15) is 0 Å². The van der Waals surface area contributed by atoms with Crippen molar-refractivity contribution in [2.24, 2.45) is 5.73 Å². The zero-order valence-electron chi connectivity index (χ0n) is 13.7. The van der Waals surface area contributed by atoms with Crippen LogP contribution in [-0.2, 0) is 6.42 Å². The van der Waals surface area contributed by atoms with Crippen LogP contribution in [-0.4, -0.2) is 23.9 Å². The van der Waals surface area contributed by atoms with Gasteiger partial charge < -0.3 is 15.6 Å². The lowest BCUT2D eigenvalue weighted by Crippen LogP contribution is -2.26. The number of hydrogen-bond acceptors (Lipinski definition) is 3. The molecular weight excluding hydrogens is 305 g/mol. The van der Waals surface area contributed by atoms with Crippen molar-refractivity contribution in [3.05, 3.63) is 53.8 Å². The maximum absolute atomic E-state index is 13.6. The van der Waals surface area contributed by atoms with Crippen LogP contribution in [0.1, 0.15) is 31.2 Å². The highest BCUT2D eigenvalue weighted by Crippen LogP contribution is 2.31. The van der Waals surface area contributed by atoms with Crippen molar-refractivity contribution in [1.29, 1.82) is 0 Å². The van der Waals surface area contributed by atoms with E-state index in [-0.39, 0.29) is 18.0 Å². The average molecular weight is 329 g/mol. The lowest BCUT2D eigenvalue weighted by atomic mass is 9.94. The molecule has 0 aliphatic heterocycles. The summed E-state index contributed by atoms with van der Waals surface area (Å²) in [5, 5.41) is 9.60. The Hall–Kier alpha value is -1.91. The number of ether oxygens (including phenoxy) is 1. The summed E-state index contributed by atoms with van der Waals surface area (Å²) in [5.74, 6) is 0.537. The largest absolute Gasteiger partial charge is 0.490 e. The number of aliphatic hydroxyl groups is 1. The number of benzene rings is 2. The summed E-state index contributed by atoms with van der Waals surface area (Å²) in [4.78, 5) is 0. The molecule has 0 saturated heterocycles. The van der Waals surface area contributed by atoms with Crippen LogP contribution in [0.4, 0.5) is 4.39 Å². The highest BCUT2D eigenvalue weighted by molar-refractivity contribution is 5.69. The topological polar surface area (TPSA) is 55.5 Å². The maximum Gasteiger partial charge on any atom is 0.123 e. The standard InChI is InChI=1S/C20H24FNO2/c21-16-3-1-2-15(12-16)20-13-19(7-4-14(20)10-11-22)24-18-8-5-17(23)6-9-18/h1-4,7,12-13,17-18,23H,5-6,8-11,22H2. The van der Waals surface area contributed by atoms with Crippen LogP contribution < -0.4 is 10.5 Å². The van der Waals surface area contributed by atoms with E-state index in [9.17, 15) is 9.50 Å². The molecule has 0 amide bonds. The molecule has 0 atom stereocenters. The molecular formula is C20H24FNO2. The van der Waals surface area contributed by atoms with Crippen molar-refractivity contribution < 1.29 is 14.2 Å². The lowest BCUT2D eigenvalue weighted by molar-refractivity contribution is 0.0666. The van der Waals surface area contributed by atoms with E-state index in [1.165, 1.54) is 12.1 Å². The van der Waals surface area contributed by atoms with E-state index in [0.717, 1.165) is 54.5 Å². The Morgan fingerprint density at radius 2 is 1.88 bits per heavy atom. The van der Waals surface area contributed by atoms with E-state index in [0.29, 0.717) is 6.54 Å². The second-order valence-corrected chi connectivity index (χ2v) is 6.42. The molecule has 0 bridgehead atoms. The van der Waals surface area contributed by atoms with Crippen LogP contribution in [0, 0.1) is 5.82 Å². The minimum absolute atomic E-state index is 0.133. The van der Waals surface area contributed by atoms with Gasteiger partial charge in [0.1, 0.15) is 11.6 Å². The van der Waals surface area contributed by atoms with Gasteiger partial charge in [0.15, 0.2) is 0 Å². The number of halogens is 1. The van der Waals surface area contributed by atoms with Crippen LogP contribution in [0.15, 0.2) is 42.5 Å². The van der Waals surface area contributed by atoms with Gasteiger partial charge in [-0.05, 0) is 79.6 Å². The fourth-order valence-electron chi connectivity index (χ4n) is 3.28. The Morgan fingerprint density at radius 1 is 1.08 bits per heavy atom. The van der Waals surface area contributed by atoms with Gasteiger partial charge in [0.05, 0.1) is 12.2 Å². The molecule has 3 N–H and O–H groups in total. The molecule has 128 valence electrons. The van der Waals surface area contributed by atoms with E-state index in [1.807, 2.05) is 24.3 Å². The van der Waals surface area contributed by atoms with Gasteiger partial charge in [-0.15, -0.1) is 0 Å². The van der Waals surface area contributed by atoms with Crippen LogP contribution in [0.5, 0.6) is 5.75 Å². The Bertz CT molecular complexity index is 681. The highest BCUT2D eigenvalue weighted by Gasteiger charge is 2.21.